The minimum absolute atomic E-state index is 0.109. The SMILES string of the molecule is CSCCC(NC(=O)C(CC(=O)O)NC(=O)C(N)CCC(N)=O)C(=O)NC(CS)C(=O)O. The minimum Gasteiger partial charge on any atom is -0.481 e. The van der Waals surface area contributed by atoms with Gasteiger partial charge in [0.25, 0.3) is 0 Å². The summed E-state index contributed by atoms with van der Waals surface area (Å²) >= 11 is 5.22. The average Bonchev–Trinajstić information content (AvgIpc) is 2.71. The molecule has 4 atom stereocenters. The van der Waals surface area contributed by atoms with Crippen molar-refractivity contribution in [1.29, 1.82) is 0 Å². The molecule has 0 aliphatic heterocycles. The van der Waals surface area contributed by atoms with E-state index in [1.807, 2.05) is 0 Å². The van der Waals surface area contributed by atoms with Gasteiger partial charge in [-0.1, -0.05) is 0 Å². The summed E-state index contributed by atoms with van der Waals surface area (Å²) in [6.07, 6.45) is 0.777. The number of amides is 4. The van der Waals surface area contributed by atoms with Crippen LogP contribution in [0.2, 0.25) is 0 Å². The summed E-state index contributed by atoms with van der Waals surface area (Å²) in [6.45, 7) is 0. The van der Waals surface area contributed by atoms with E-state index in [9.17, 15) is 28.8 Å². The summed E-state index contributed by atoms with van der Waals surface area (Å²) in [6, 6.07) is -5.26. The maximum absolute atomic E-state index is 12.6. The predicted octanol–water partition coefficient (Wildman–Crippen LogP) is -2.72. The van der Waals surface area contributed by atoms with E-state index in [0.717, 1.165) is 0 Å². The number of hydrogen-bond donors (Lipinski definition) is 8. The van der Waals surface area contributed by atoms with Gasteiger partial charge in [-0.05, 0) is 24.9 Å². The van der Waals surface area contributed by atoms with Crippen LogP contribution in [0.1, 0.15) is 25.7 Å². The van der Waals surface area contributed by atoms with Gasteiger partial charge < -0.3 is 37.6 Å². The third-order valence-electron chi connectivity index (χ3n) is 4.09. The van der Waals surface area contributed by atoms with Gasteiger partial charge in [0.15, 0.2) is 0 Å². The van der Waals surface area contributed by atoms with Crippen molar-refractivity contribution < 1.29 is 39.0 Å². The van der Waals surface area contributed by atoms with Crippen molar-refractivity contribution in [2.45, 2.75) is 49.9 Å². The van der Waals surface area contributed by atoms with E-state index in [0.29, 0.717) is 5.75 Å². The molecule has 0 fully saturated rings. The van der Waals surface area contributed by atoms with Crippen LogP contribution in [0.25, 0.3) is 0 Å². The minimum atomic E-state index is -1.57. The molecular formula is C17H29N5O8S2. The normalized spacial score (nSPS) is 14.3. The second kappa shape index (κ2) is 15.3. The molecule has 9 N–H and O–H groups in total. The van der Waals surface area contributed by atoms with Crippen LogP contribution in [0.15, 0.2) is 0 Å². The third-order valence-corrected chi connectivity index (χ3v) is 5.10. The largest absolute Gasteiger partial charge is 0.481 e. The molecule has 0 aliphatic rings. The molecule has 15 heteroatoms. The lowest BCUT2D eigenvalue weighted by Crippen LogP contribution is -2.57. The maximum Gasteiger partial charge on any atom is 0.327 e. The second-order valence-electron chi connectivity index (χ2n) is 6.70. The van der Waals surface area contributed by atoms with Gasteiger partial charge in [0.2, 0.25) is 23.6 Å². The Hall–Kier alpha value is -2.52. The fourth-order valence-corrected chi connectivity index (χ4v) is 3.05. The fourth-order valence-electron chi connectivity index (χ4n) is 2.33. The summed E-state index contributed by atoms with van der Waals surface area (Å²) in [7, 11) is 0. The lowest BCUT2D eigenvalue weighted by Gasteiger charge is -2.24. The van der Waals surface area contributed by atoms with Crippen molar-refractivity contribution in [1.82, 2.24) is 16.0 Å². The van der Waals surface area contributed by atoms with Crippen LogP contribution in [0, 0.1) is 0 Å². The Morgan fingerprint density at radius 3 is 1.91 bits per heavy atom. The topological polar surface area (TPSA) is 231 Å². The Labute approximate surface area is 194 Å². The molecular weight excluding hydrogens is 466 g/mol. The number of thiol groups is 1. The van der Waals surface area contributed by atoms with Crippen LogP contribution < -0.4 is 27.4 Å². The van der Waals surface area contributed by atoms with Crippen molar-refractivity contribution in [2.24, 2.45) is 11.5 Å². The van der Waals surface area contributed by atoms with E-state index in [1.54, 1.807) is 6.26 Å². The Balaban J connectivity index is 5.36. The molecule has 0 saturated heterocycles. The smallest absolute Gasteiger partial charge is 0.327 e. The highest BCUT2D eigenvalue weighted by Crippen LogP contribution is 2.05. The lowest BCUT2D eigenvalue weighted by atomic mass is 10.1. The molecule has 4 amide bonds. The summed E-state index contributed by atoms with van der Waals surface area (Å²) in [4.78, 5) is 70.4. The number of nitrogens with one attached hydrogen (secondary N) is 3. The number of rotatable bonds is 16. The van der Waals surface area contributed by atoms with Crippen LogP contribution in [0.4, 0.5) is 0 Å². The third kappa shape index (κ3) is 11.8. The highest BCUT2D eigenvalue weighted by molar-refractivity contribution is 7.98. The summed E-state index contributed by atoms with van der Waals surface area (Å²) < 4.78 is 0. The van der Waals surface area contributed by atoms with Crippen molar-refractivity contribution in [3.05, 3.63) is 0 Å². The number of thioether (sulfide) groups is 1. The van der Waals surface area contributed by atoms with Crippen LogP contribution >= 0.6 is 24.4 Å². The number of carboxylic acid groups (broad SMARTS) is 2. The monoisotopic (exact) mass is 495 g/mol. The maximum atomic E-state index is 12.6. The van der Waals surface area contributed by atoms with Crippen LogP contribution in [0.5, 0.6) is 0 Å². The standard InChI is InChI=1S/C17H29N5O8S2/c1-32-5-4-9(15(27)22-11(7-31)17(29)30)20-16(28)10(6-13(24)25)21-14(26)8(18)2-3-12(19)23/h8-11,31H,2-7,18H2,1H3,(H2,19,23)(H,20,28)(H,21,26)(H,22,27)(H,24,25)(H,29,30). The highest BCUT2D eigenvalue weighted by Gasteiger charge is 2.31. The van der Waals surface area contributed by atoms with E-state index >= 15 is 0 Å². The number of nitrogens with two attached hydrogens (primary N) is 2. The molecule has 0 saturated carbocycles. The van der Waals surface area contributed by atoms with Gasteiger partial charge in [0.05, 0.1) is 12.5 Å². The van der Waals surface area contributed by atoms with Gasteiger partial charge in [0.1, 0.15) is 18.1 Å². The zero-order chi connectivity index (χ0) is 24.8. The molecule has 0 aromatic carbocycles. The van der Waals surface area contributed by atoms with Gasteiger partial charge in [0, 0.05) is 12.2 Å². The van der Waals surface area contributed by atoms with Crippen molar-refractivity contribution >= 4 is 60.0 Å². The first-order valence-electron chi connectivity index (χ1n) is 9.42. The first-order chi connectivity index (χ1) is 14.9. The van der Waals surface area contributed by atoms with Crippen molar-refractivity contribution in [2.75, 3.05) is 17.8 Å². The van der Waals surface area contributed by atoms with Crippen LogP contribution in [-0.2, 0) is 28.8 Å². The molecule has 32 heavy (non-hydrogen) atoms. The fraction of sp³-hybridized carbons (Fsp3) is 0.647. The number of hydrogen-bond acceptors (Lipinski definition) is 9. The summed E-state index contributed by atoms with van der Waals surface area (Å²) in [5.74, 6) is -5.81. The van der Waals surface area contributed by atoms with Gasteiger partial charge in [-0.15, -0.1) is 0 Å². The van der Waals surface area contributed by atoms with Crippen molar-refractivity contribution in [3.63, 3.8) is 0 Å². The predicted molar refractivity (Wildman–Crippen MR) is 119 cm³/mol. The number of carbonyl (C=O) groups excluding carboxylic acids is 4. The molecule has 0 rings (SSSR count). The van der Waals surface area contributed by atoms with Gasteiger partial charge in [-0.25, -0.2) is 4.79 Å². The second-order valence-corrected chi connectivity index (χ2v) is 8.05. The lowest BCUT2D eigenvalue weighted by molar-refractivity contribution is -0.142. The molecule has 0 aliphatic carbocycles. The molecule has 0 heterocycles. The van der Waals surface area contributed by atoms with E-state index in [-0.39, 0.29) is 25.0 Å². The zero-order valence-electron chi connectivity index (χ0n) is 17.4. The van der Waals surface area contributed by atoms with Gasteiger partial charge in [-0.3, -0.25) is 24.0 Å². The highest BCUT2D eigenvalue weighted by atomic mass is 32.2. The average molecular weight is 496 g/mol. The Kier molecular flexibility index (Phi) is 14.1. The van der Waals surface area contributed by atoms with E-state index in [2.05, 4.69) is 28.6 Å². The molecule has 13 nitrogen and oxygen atoms in total. The number of primary amides is 1. The summed E-state index contributed by atoms with van der Waals surface area (Å²) in [5, 5.41) is 24.9. The molecule has 0 aromatic rings. The Morgan fingerprint density at radius 2 is 1.44 bits per heavy atom. The number of carbonyl (C=O) groups is 6. The van der Waals surface area contributed by atoms with Crippen molar-refractivity contribution in [3.8, 4) is 0 Å². The van der Waals surface area contributed by atoms with Crippen LogP contribution in [-0.4, -0.2) is 87.7 Å². The number of aliphatic carboxylic acids is 2. The van der Waals surface area contributed by atoms with Gasteiger partial charge in [-0.2, -0.15) is 24.4 Å². The zero-order valence-corrected chi connectivity index (χ0v) is 19.1. The molecule has 0 bridgehead atoms. The molecule has 0 spiro atoms. The Morgan fingerprint density at radius 1 is 0.906 bits per heavy atom. The molecule has 0 aromatic heterocycles. The molecule has 0 radical (unpaired) electrons. The van der Waals surface area contributed by atoms with E-state index in [4.69, 9.17) is 21.7 Å². The van der Waals surface area contributed by atoms with Crippen LogP contribution in [0.3, 0.4) is 0 Å². The van der Waals surface area contributed by atoms with E-state index in [1.165, 1.54) is 11.8 Å². The van der Waals surface area contributed by atoms with Gasteiger partial charge >= 0.3 is 11.9 Å². The van der Waals surface area contributed by atoms with E-state index < -0.39 is 66.2 Å². The molecule has 4 unspecified atom stereocenters. The molecule has 182 valence electrons. The Bertz CT molecular complexity index is 708. The number of carboxylic acids is 2. The first kappa shape index (κ1) is 29.5. The summed E-state index contributed by atoms with van der Waals surface area (Å²) in [5.41, 5.74) is 10.6. The quantitative estimate of drug-likeness (QED) is 0.103. The first-order valence-corrected chi connectivity index (χ1v) is 11.4.